The summed E-state index contributed by atoms with van der Waals surface area (Å²) in [6, 6.07) is 8.50. The van der Waals surface area contributed by atoms with Crippen LogP contribution in [0.3, 0.4) is 0 Å². The Bertz CT molecular complexity index is 598. The van der Waals surface area contributed by atoms with Crippen LogP contribution in [0.2, 0.25) is 0 Å². The largest absolute Gasteiger partial charge is 0.352 e. The summed E-state index contributed by atoms with van der Waals surface area (Å²) in [4.78, 5) is 14.2. The Morgan fingerprint density at radius 2 is 2.40 bits per heavy atom. The molecule has 0 amide bonds. The van der Waals surface area contributed by atoms with E-state index in [2.05, 4.69) is 42.6 Å². The molecule has 1 aromatic carbocycles. The fourth-order valence-corrected chi connectivity index (χ4v) is 2.70. The van der Waals surface area contributed by atoms with E-state index in [1.54, 1.807) is 0 Å². The summed E-state index contributed by atoms with van der Waals surface area (Å²) in [5, 5.41) is 5.88. The van der Waals surface area contributed by atoms with E-state index < -0.39 is 0 Å². The van der Waals surface area contributed by atoms with Crippen molar-refractivity contribution in [1.82, 2.24) is 14.9 Å². The van der Waals surface area contributed by atoms with Crippen LogP contribution >= 0.6 is 12.2 Å². The molecule has 2 aromatic rings. The van der Waals surface area contributed by atoms with E-state index in [4.69, 9.17) is 0 Å². The zero-order valence-corrected chi connectivity index (χ0v) is 12.0. The normalized spacial score (nSPS) is 19.1. The standard InChI is InChI=1S/C14H17N5S/c20-10-15-6-8-19-7-5-11(9-19)16-14-17-12-3-1-2-4-13(12)18-14/h1-4,11H,5-9H2,(H2,16,17,18). The number of nitrogens with one attached hydrogen (secondary N) is 2. The lowest BCUT2D eigenvalue weighted by Crippen LogP contribution is -2.28. The molecule has 0 bridgehead atoms. The minimum Gasteiger partial charge on any atom is -0.352 e. The molecule has 3 rings (SSSR count). The second-order valence-electron chi connectivity index (χ2n) is 5.01. The summed E-state index contributed by atoms with van der Waals surface area (Å²) in [5.41, 5.74) is 2.07. The molecule has 1 unspecified atom stereocenters. The van der Waals surface area contributed by atoms with Gasteiger partial charge in [-0.3, -0.25) is 4.90 Å². The van der Waals surface area contributed by atoms with Gasteiger partial charge in [-0.05, 0) is 30.8 Å². The van der Waals surface area contributed by atoms with E-state index in [1.165, 1.54) is 0 Å². The van der Waals surface area contributed by atoms with Gasteiger partial charge in [0.2, 0.25) is 5.95 Å². The van der Waals surface area contributed by atoms with Gasteiger partial charge in [-0.2, -0.15) is 0 Å². The quantitative estimate of drug-likeness (QED) is 0.653. The van der Waals surface area contributed by atoms with Gasteiger partial charge in [0.15, 0.2) is 0 Å². The molecule has 1 aromatic heterocycles. The third-order valence-corrected chi connectivity index (χ3v) is 3.72. The molecule has 104 valence electrons. The fraction of sp³-hybridized carbons (Fsp3) is 0.429. The summed E-state index contributed by atoms with van der Waals surface area (Å²) in [7, 11) is 0. The molecule has 5 nitrogen and oxygen atoms in total. The van der Waals surface area contributed by atoms with Crippen molar-refractivity contribution in [1.29, 1.82) is 0 Å². The van der Waals surface area contributed by atoms with E-state index in [0.29, 0.717) is 6.04 Å². The highest BCUT2D eigenvalue weighted by atomic mass is 32.1. The first-order valence-electron chi connectivity index (χ1n) is 6.82. The minimum atomic E-state index is 0.437. The number of aromatic nitrogens is 2. The zero-order valence-electron chi connectivity index (χ0n) is 11.2. The molecule has 1 fully saturated rings. The second kappa shape index (κ2) is 6.13. The van der Waals surface area contributed by atoms with Gasteiger partial charge in [-0.15, -0.1) is 0 Å². The average Bonchev–Trinajstić information content (AvgIpc) is 3.05. The number of hydrogen-bond acceptors (Lipinski definition) is 5. The predicted octanol–water partition coefficient (Wildman–Crippen LogP) is 2.15. The van der Waals surface area contributed by atoms with E-state index >= 15 is 0 Å². The van der Waals surface area contributed by atoms with Gasteiger partial charge in [0, 0.05) is 25.7 Å². The van der Waals surface area contributed by atoms with E-state index in [-0.39, 0.29) is 0 Å². The van der Waals surface area contributed by atoms with Crippen LogP contribution in [0.5, 0.6) is 0 Å². The van der Waals surface area contributed by atoms with Crippen molar-refractivity contribution in [3.05, 3.63) is 24.3 Å². The SMILES string of the molecule is S=C=NCCN1CCC(Nc2nc3ccccc3[nH]2)C1. The summed E-state index contributed by atoms with van der Waals surface area (Å²) in [6.45, 7) is 3.79. The Morgan fingerprint density at radius 3 is 3.25 bits per heavy atom. The van der Waals surface area contributed by atoms with Gasteiger partial charge in [-0.25, -0.2) is 9.98 Å². The Labute approximate surface area is 123 Å². The molecule has 6 heteroatoms. The lowest BCUT2D eigenvalue weighted by atomic mass is 10.3. The van der Waals surface area contributed by atoms with Crippen LogP contribution in [0, 0.1) is 0 Å². The van der Waals surface area contributed by atoms with Crippen LogP contribution in [0.4, 0.5) is 5.95 Å². The topological polar surface area (TPSA) is 56.3 Å². The molecule has 1 saturated heterocycles. The number of aliphatic imine (C=N–C) groups is 1. The molecule has 0 saturated carbocycles. The molecule has 0 spiro atoms. The number of nitrogens with zero attached hydrogens (tertiary/aromatic N) is 3. The monoisotopic (exact) mass is 287 g/mol. The van der Waals surface area contributed by atoms with Crippen molar-refractivity contribution in [2.45, 2.75) is 12.5 Å². The average molecular weight is 287 g/mol. The van der Waals surface area contributed by atoms with E-state index in [0.717, 1.165) is 49.6 Å². The van der Waals surface area contributed by atoms with Crippen LogP contribution in [0.15, 0.2) is 29.3 Å². The number of H-pyrrole nitrogens is 1. The number of imidazole rings is 1. The first kappa shape index (κ1) is 13.2. The lowest BCUT2D eigenvalue weighted by molar-refractivity contribution is 0.346. The molecule has 0 radical (unpaired) electrons. The van der Waals surface area contributed by atoms with Gasteiger partial charge in [-0.1, -0.05) is 12.1 Å². The highest BCUT2D eigenvalue weighted by molar-refractivity contribution is 7.78. The Hall–Kier alpha value is -1.75. The lowest BCUT2D eigenvalue weighted by Gasteiger charge is -2.14. The smallest absolute Gasteiger partial charge is 0.201 e. The van der Waals surface area contributed by atoms with E-state index in [9.17, 15) is 0 Å². The van der Waals surface area contributed by atoms with Crippen molar-refractivity contribution >= 4 is 34.4 Å². The maximum atomic E-state index is 4.57. The van der Waals surface area contributed by atoms with E-state index in [1.807, 2.05) is 24.3 Å². The number of benzene rings is 1. The van der Waals surface area contributed by atoms with Gasteiger partial charge < -0.3 is 10.3 Å². The molecule has 0 aliphatic carbocycles. The minimum absolute atomic E-state index is 0.437. The van der Waals surface area contributed by atoms with Crippen LogP contribution in [-0.2, 0) is 0 Å². The highest BCUT2D eigenvalue weighted by Gasteiger charge is 2.22. The number of hydrogen-bond donors (Lipinski definition) is 2. The molecule has 1 atom stereocenters. The number of rotatable bonds is 5. The highest BCUT2D eigenvalue weighted by Crippen LogP contribution is 2.17. The van der Waals surface area contributed by atoms with Crippen molar-refractivity contribution in [2.24, 2.45) is 4.99 Å². The number of fused-ring (bicyclic) bond motifs is 1. The first-order valence-corrected chi connectivity index (χ1v) is 7.23. The second-order valence-corrected chi connectivity index (χ2v) is 5.19. The molecular formula is C14H17N5S. The third kappa shape index (κ3) is 3.04. The van der Waals surface area contributed by atoms with Gasteiger partial charge >= 0.3 is 0 Å². The van der Waals surface area contributed by atoms with Gasteiger partial charge in [0.25, 0.3) is 0 Å². The Morgan fingerprint density at radius 1 is 1.50 bits per heavy atom. The first-order chi connectivity index (χ1) is 9.85. The summed E-state index contributed by atoms with van der Waals surface area (Å²) in [6.07, 6.45) is 1.12. The predicted molar refractivity (Wildman–Crippen MR) is 84.5 cm³/mol. The van der Waals surface area contributed by atoms with Crippen LogP contribution in [-0.4, -0.2) is 52.2 Å². The number of isothiocyanates is 1. The van der Waals surface area contributed by atoms with Crippen molar-refractivity contribution in [3.63, 3.8) is 0 Å². The number of anilines is 1. The number of likely N-dealkylation sites (tertiary alicyclic amines) is 1. The molecular weight excluding hydrogens is 270 g/mol. The van der Waals surface area contributed by atoms with Crippen molar-refractivity contribution < 1.29 is 0 Å². The molecule has 2 heterocycles. The molecule has 1 aliphatic heterocycles. The van der Waals surface area contributed by atoms with Crippen molar-refractivity contribution in [2.75, 3.05) is 31.5 Å². The maximum absolute atomic E-state index is 4.57. The maximum Gasteiger partial charge on any atom is 0.201 e. The Kier molecular flexibility index (Phi) is 4.06. The van der Waals surface area contributed by atoms with Gasteiger partial charge in [0.1, 0.15) is 0 Å². The molecule has 2 N–H and O–H groups in total. The summed E-state index contributed by atoms with van der Waals surface area (Å²) >= 11 is 4.57. The van der Waals surface area contributed by atoms with Crippen LogP contribution < -0.4 is 5.32 Å². The molecule has 20 heavy (non-hydrogen) atoms. The van der Waals surface area contributed by atoms with Crippen LogP contribution in [0.25, 0.3) is 11.0 Å². The number of para-hydroxylation sites is 2. The molecule has 1 aliphatic rings. The van der Waals surface area contributed by atoms with Gasteiger partial charge in [0.05, 0.1) is 22.7 Å². The van der Waals surface area contributed by atoms with Crippen LogP contribution in [0.1, 0.15) is 6.42 Å². The van der Waals surface area contributed by atoms with Crippen molar-refractivity contribution in [3.8, 4) is 0 Å². The summed E-state index contributed by atoms with van der Waals surface area (Å²) in [5.74, 6) is 0.856. The fourth-order valence-electron chi connectivity index (χ4n) is 2.61. The summed E-state index contributed by atoms with van der Waals surface area (Å²) < 4.78 is 0. The third-order valence-electron chi connectivity index (χ3n) is 3.60. The zero-order chi connectivity index (χ0) is 13.8. The Balaban J connectivity index is 1.57. The number of aromatic amines is 1. The number of thiocarbonyl (C=S) groups is 1.